The maximum atomic E-state index is 9.60. The third-order valence-electron chi connectivity index (χ3n) is 3.34. The molecule has 23 heavy (non-hydrogen) atoms. The molecule has 0 amide bonds. The van der Waals surface area contributed by atoms with Gasteiger partial charge in [0.15, 0.2) is 0 Å². The molecule has 134 valence electrons. The SMILES string of the molecule is CC.CC(C)(C)OC=O.CN1CCC(Cn2cc(N)cn2)CC1. The molecular weight excluding hydrogens is 292 g/mol. The Morgan fingerprint density at radius 2 is 1.91 bits per heavy atom. The summed E-state index contributed by atoms with van der Waals surface area (Å²) in [4.78, 5) is 12.0. The Hall–Kier alpha value is -1.56. The summed E-state index contributed by atoms with van der Waals surface area (Å²) in [6.45, 7) is 13.4. The van der Waals surface area contributed by atoms with Crippen LogP contribution < -0.4 is 5.73 Å². The molecule has 0 aliphatic carbocycles. The molecule has 1 fully saturated rings. The van der Waals surface area contributed by atoms with Crippen molar-refractivity contribution in [1.29, 1.82) is 0 Å². The van der Waals surface area contributed by atoms with E-state index in [2.05, 4.69) is 21.8 Å². The highest BCUT2D eigenvalue weighted by atomic mass is 16.5. The van der Waals surface area contributed by atoms with Crippen molar-refractivity contribution in [3.63, 3.8) is 0 Å². The van der Waals surface area contributed by atoms with Gasteiger partial charge in [-0.05, 0) is 59.7 Å². The fourth-order valence-corrected chi connectivity index (χ4v) is 2.13. The number of nitrogen functional groups attached to an aromatic ring is 1. The van der Waals surface area contributed by atoms with Gasteiger partial charge in [0.25, 0.3) is 6.47 Å². The number of rotatable bonds is 3. The lowest BCUT2D eigenvalue weighted by molar-refractivity contribution is -0.138. The number of anilines is 1. The average molecular weight is 326 g/mol. The summed E-state index contributed by atoms with van der Waals surface area (Å²) in [7, 11) is 2.18. The van der Waals surface area contributed by atoms with Crippen LogP contribution in [0, 0.1) is 5.92 Å². The molecule has 2 heterocycles. The van der Waals surface area contributed by atoms with Crippen LogP contribution in [-0.2, 0) is 16.1 Å². The van der Waals surface area contributed by atoms with Crippen LogP contribution in [0.15, 0.2) is 12.4 Å². The molecule has 0 aromatic carbocycles. The van der Waals surface area contributed by atoms with Gasteiger partial charge in [-0.2, -0.15) is 5.10 Å². The second-order valence-corrected chi connectivity index (χ2v) is 6.57. The number of carbonyl (C=O) groups is 1. The Morgan fingerprint density at radius 1 is 1.35 bits per heavy atom. The third-order valence-corrected chi connectivity index (χ3v) is 3.34. The van der Waals surface area contributed by atoms with Crippen molar-refractivity contribution in [2.75, 3.05) is 25.9 Å². The average Bonchev–Trinajstić information content (AvgIpc) is 2.88. The molecule has 0 atom stereocenters. The minimum absolute atomic E-state index is 0.318. The Morgan fingerprint density at radius 3 is 2.26 bits per heavy atom. The van der Waals surface area contributed by atoms with Crippen LogP contribution in [0.1, 0.15) is 47.5 Å². The zero-order valence-electron chi connectivity index (χ0n) is 15.6. The smallest absolute Gasteiger partial charge is 0.293 e. The van der Waals surface area contributed by atoms with E-state index in [1.165, 1.54) is 25.9 Å². The standard InChI is InChI=1S/C10H18N4.C5H10O2.C2H6/c1-13-4-2-9(3-5-13)7-14-8-10(11)6-12-14;1-5(2,3)7-4-6;1-2/h6,8-9H,2-5,7,11H2,1H3;4H,1-3H3;1-2H3. The molecule has 0 unspecified atom stereocenters. The van der Waals surface area contributed by atoms with E-state index in [9.17, 15) is 4.79 Å². The molecule has 1 aliphatic heterocycles. The Kier molecular flexibility index (Phi) is 10.3. The number of piperidine rings is 1. The second-order valence-electron chi connectivity index (χ2n) is 6.57. The van der Waals surface area contributed by atoms with Gasteiger partial charge in [-0.3, -0.25) is 9.48 Å². The van der Waals surface area contributed by atoms with Gasteiger partial charge in [0.1, 0.15) is 5.60 Å². The summed E-state index contributed by atoms with van der Waals surface area (Å²) in [5.74, 6) is 0.769. The zero-order valence-corrected chi connectivity index (χ0v) is 15.6. The maximum Gasteiger partial charge on any atom is 0.293 e. The Labute approximate surface area is 141 Å². The lowest BCUT2D eigenvalue weighted by Crippen LogP contribution is -2.31. The van der Waals surface area contributed by atoms with Crippen molar-refractivity contribution < 1.29 is 9.53 Å². The number of carbonyl (C=O) groups excluding carboxylic acids is 1. The van der Waals surface area contributed by atoms with Crippen LogP contribution in [0.2, 0.25) is 0 Å². The van der Waals surface area contributed by atoms with Crippen LogP contribution in [0.4, 0.5) is 5.69 Å². The van der Waals surface area contributed by atoms with Gasteiger partial charge in [0, 0.05) is 12.7 Å². The van der Waals surface area contributed by atoms with Gasteiger partial charge >= 0.3 is 0 Å². The first-order valence-corrected chi connectivity index (χ1v) is 8.38. The number of hydrogen-bond donors (Lipinski definition) is 1. The van der Waals surface area contributed by atoms with Crippen molar-refractivity contribution >= 4 is 12.2 Å². The van der Waals surface area contributed by atoms with E-state index >= 15 is 0 Å². The molecule has 6 heteroatoms. The quantitative estimate of drug-likeness (QED) is 0.865. The van der Waals surface area contributed by atoms with Crippen molar-refractivity contribution in [3.8, 4) is 0 Å². The van der Waals surface area contributed by atoms with E-state index in [0.717, 1.165) is 18.2 Å². The van der Waals surface area contributed by atoms with E-state index < -0.39 is 0 Å². The maximum absolute atomic E-state index is 9.60. The minimum atomic E-state index is -0.318. The van der Waals surface area contributed by atoms with Crippen molar-refractivity contribution in [2.24, 2.45) is 5.92 Å². The largest absolute Gasteiger partial charge is 0.462 e. The van der Waals surface area contributed by atoms with E-state index in [4.69, 9.17) is 5.73 Å². The van der Waals surface area contributed by atoms with Crippen LogP contribution in [-0.4, -0.2) is 46.9 Å². The van der Waals surface area contributed by atoms with Gasteiger partial charge in [0.2, 0.25) is 0 Å². The Bertz CT molecular complexity index is 418. The van der Waals surface area contributed by atoms with Gasteiger partial charge in [-0.1, -0.05) is 13.8 Å². The number of nitrogens with two attached hydrogens (primary N) is 1. The van der Waals surface area contributed by atoms with E-state index in [-0.39, 0.29) is 5.60 Å². The first-order valence-electron chi connectivity index (χ1n) is 8.38. The fraction of sp³-hybridized carbons (Fsp3) is 0.765. The summed E-state index contributed by atoms with van der Waals surface area (Å²) in [6, 6.07) is 0. The van der Waals surface area contributed by atoms with Crippen LogP contribution >= 0.6 is 0 Å². The summed E-state index contributed by atoms with van der Waals surface area (Å²) in [5, 5.41) is 4.21. The van der Waals surface area contributed by atoms with Crippen molar-refractivity contribution in [2.45, 2.75) is 59.6 Å². The number of hydrogen-bond acceptors (Lipinski definition) is 5. The predicted octanol–water partition coefficient (Wildman–Crippen LogP) is 2.79. The number of ether oxygens (including phenoxy) is 1. The summed E-state index contributed by atoms with van der Waals surface area (Å²) in [6.07, 6.45) is 6.18. The molecule has 0 saturated carbocycles. The highest BCUT2D eigenvalue weighted by Crippen LogP contribution is 2.17. The Balaban J connectivity index is 0.000000460. The molecule has 1 aromatic heterocycles. The molecular formula is C17H34N4O2. The van der Waals surface area contributed by atoms with Crippen molar-refractivity contribution in [1.82, 2.24) is 14.7 Å². The van der Waals surface area contributed by atoms with Crippen molar-refractivity contribution in [3.05, 3.63) is 12.4 Å². The topological polar surface area (TPSA) is 73.4 Å². The minimum Gasteiger partial charge on any atom is -0.462 e. The lowest BCUT2D eigenvalue weighted by Gasteiger charge is -2.28. The van der Waals surface area contributed by atoms with Gasteiger partial charge in [-0.15, -0.1) is 0 Å². The summed E-state index contributed by atoms with van der Waals surface area (Å²) < 4.78 is 6.51. The van der Waals surface area contributed by atoms with E-state index in [0.29, 0.717) is 6.47 Å². The number of aromatic nitrogens is 2. The molecule has 0 spiro atoms. The first-order chi connectivity index (χ1) is 10.8. The highest BCUT2D eigenvalue weighted by molar-refractivity contribution is 5.37. The van der Waals surface area contributed by atoms with E-state index in [1.54, 1.807) is 6.20 Å². The molecule has 0 radical (unpaired) electrons. The predicted molar refractivity (Wildman–Crippen MR) is 95.1 cm³/mol. The normalized spacial score (nSPS) is 15.7. The van der Waals surface area contributed by atoms with Crippen LogP contribution in [0.3, 0.4) is 0 Å². The summed E-state index contributed by atoms with van der Waals surface area (Å²) in [5.41, 5.74) is 6.06. The monoisotopic (exact) mass is 326 g/mol. The molecule has 0 bridgehead atoms. The number of likely N-dealkylation sites (tertiary alicyclic amines) is 1. The van der Waals surface area contributed by atoms with Gasteiger partial charge in [0.05, 0.1) is 11.9 Å². The second kappa shape index (κ2) is 11.0. The molecule has 1 saturated heterocycles. The van der Waals surface area contributed by atoms with Gasteiger partial charge < -0.3 is 15.4 Å². The molecule has 6 nitrogen and oxygen atoms in total. The van der Waals surface area contributed by atoms with Crippen LogP contribution in [0.25, 0.3) is 0 Å². The third kappa shape index (κ3) is 10.7. The lowest BCUT2D eigenvalue weighted by atomic mass is 9.97. The fourth-order valence-electron chi connectivity index (χ4n) is 2.13. The number of nitrogens with zero attached hydrogens (tertiary/aromatic N) is 3. The molecule has 2 rings (SSSR count). The zero-order chi connectivity index (χ0) is 17.9. The summed E-state index contributed by atoms with van der Waals surface area (Å²) >= 11 is 0. The first kappa shape index (κ1) is 21.4. The van der Waals surface area contributed by atoms with Crippen LogP contribution in [0.5, 0.6) is 0 Å². The van der Waals surface area contributed by atoms with E-state index in [1.807, 2.05) is 45.5 Å². The highest BCUT2D eigenvalue weighted by Gasteiger charge is 2.17. The van der Waals surface area contributed by atoms with Gasteiger partial charge in [-0.25, -0.2) is 0 Å². The molecule has 1 aromatic rings. The molecule has 1 aliphatic rings. The molecule has 2 N–H and O–H groups in total.